The van der Waals surface area contributed by atoms with Gasteiger partial charge in [-0.1, -0.05) is 31.5 Å². The van der Waals surface area contributed by atoms with Crippen molar-refractivity contribution >= 4 is 96.8 Å². The van der Waals surface area contributed by atoms with Crippen LogP contribution in [0.1, 0.15) is 31.4 Å². The molecule has 6 N–H and O–H groups in total. The molecule has 0 aliphatic carbocycles. The fourth-order valence-corrected chi connectivity index (χ4v) is 11.6. The summed E-state index contributed by atoms with van der Waals surface area (Å²) in [5, 5.41) is 16.8. The predicted molar refractivity (Wildman–Crippen MR) is 262 cm³/mol. The topological polar surface area (TPSA) is 287 Å². The zero-order valence-electron chi connectivity index (χ0n) is 37.1. The Balaban J connectivity index is 0.000000190. The molecule has 2 aliphatic rings. The molecule has 6 heterocycles. The lowest BCUT2D eigenvalue weighted by atomic mass is 10.1. The summed E-state index contributed by atoms with van der Waals surface area (Å²) in [6, 6.07) is 18.0. The van der Waals surface area contributed by atoms with E-state index in [1.54, 1.807) is 28.9 Å². The van der Waals surface area contributed by atoms with Crippen molar-refractivity contribution in [2.75, 3.05) is 32.6 Å². The second-order valence-electron chi connectivity index (χ2n) is 16.6. The minimum atomic E-state index is -4.31. The van der Waals surface area contributed by atoms with E-state index in [-0.39, 0.29) is 72.5 Å². The first kappa shape index (κ1) is 49.3. The van der Waals surface area contributed by atoms with E-state index in [4.69, 9.17) is 11.6 Å². The smallest absolute Gasteiger partial charge is 0.280 e. The molecule has 0 saturated heterocycles. The second-order valence-corrected chi connectivity index (χ2v) is 23.9. The van der Waals surface area contributed by atoms with Gasteiger partial charge in [-0.2, -0.15) is 0 Å². The summed E-state index contributed by atoms with van der Waals surface area (Å²) in [6.45, 7) is 4.34. The molecule has 0 saturated carbocycles. The number of nitrogens with one attached hydrogen (secondary N) is 5. The standard InChI is InChI=1S/C22H17ClFN5O6S2.C21H24N4O6S2/c1-36(32,33)26-13-5-7-16-18(10-13)37(34,35)27-21(25-16)19-20(30)17-3-2-8-28(17)29(22(19)31)11-12-4-6-15(24)14(23)9-12;1-13(2)8-10-25-21(27)19(20(26)17-5-4-9-24(17)25)16-12-33(30,31)18-11-14(23-32(3,28)29)6-7-15(18)22-16/h2-10,25-27H,11H2,1H3;4-7,9,11-13,22-23,26H,8,10H2,1-3H3. The number of benzene rings is 3. The number of halogens is 2. The Morgan fingerprint density at radius 2 is 1.34 bits per heavy atom. The Hall–Kier alpha value is -7.13. The lowest BCUT2D eigenvalue weighted by Gasteiger charge is -2.23. The van der Waals surface area contributed by atoms with Crippen LogP contribution in [-0.2, 0) is 53.0 Å². The third-order valence-electron chi connectivity index (χ3n) is 10.8. The number of rotatable bonds is 10. The highest BCUT2D eigenvalue weighted by Gasteiger charge is 2.31. The SMILES string of the molecule is CC(C)CCn1c(=O)c(C2=CS(=O)(=O)c3cc(NS(C)(=O)=O)ccc3N2)c(O)c2cccn21.CS(=O)(=O)Nc1ccc2c(c1)S(=O)(=O)NC(=c1c(=O)c3cccn3n(Cc3ccc(F)c(Cl)c3)c1=O)N2. The summed E-state index contributed by atoms with van der Waals surface area (Å²) >= 11 is 5.87. The number of aryl methyl sites for hydroxylation is 1. The van der Waals surface area contributed by atoms with Gasteiger partial charge in [0.1, 0.15) is 38.3 Å². The predicted octanol–water partition coefficient (Wildman–Crippen LogP) is 3.28. The van der Waals surface area contributed by atoms with E-state index in [1.807, 2.05) is 13.8 Å². The van der Waals surface area contributed by atoms with Crippen LogP contribution >= 0.6 is 11.6 Å². The molecule has 21 nitrogen and oxygen atoms in total. The highest BCUT2D eigenvalue weighted by atomic mass is 35.5. The third kappa shape index (κ3) is 9.84. The Bertz CT molecular complexity index is 4100. The van der Waals surface area contributed by atoms with Gasteiger partial charge in [0, 0.05) is 30.3 Å². The van der Waals surface area contributed by atoms with Gasteiger partial charge in [-0.25, -0.2) is 47.4 Å². The van der Waals surface area contributed by atoms with Gasteiger partial charge in [0.05, 0.1) is 51.5 Å². The summed E-state index contributed by atoms with van der Waals surface area (Å²) < 4.78 is 124. The molecule has 0 radical (unpaired) electrons. The van der Waals surface area contributed by atoms with Gasteiger partial charge in [-0.3, -0.25) is 37.6 Å². The van der Waals surface area contributed by atoms with Crippen LogP contribution in [0.25, 0.3) is 22.6 Å². The Morgan fingerprint density at radius 3 is 1.94 bits per heavy atom. The first-order valence-electron chi connectivity index (χ1n) is 20.6. The summed E-state index contributed by atoms with van der Waals surface area (Å²) in [5.74, 6) is -1.00. The molecule has 368 valence electrons. The number of fused-ring (bicyclic) bond motifs is 4. The molecule has 7 aromatic rings. The molecule has 0 atom stereocenters. The minimum Gasteiger partial charge on any atom is -0.505 e. The van der Waals surface area contributed by atoms with Crippen molar-refractivity contribution in [3.8, 4) is 5.75 Å². The second kappa shape index (κ2) is 18.0. The van der Waals surface area contributed by atoms with E-state index < -0.39 is 67.5 Å². The molecule has 0 fully saturated rings. The molecule has 0 bridgehead atoms. The monoisotopic (exact) mass is 1060 g/mol. The van der Waals surface area contributed by atoms with Crippen molar-refractivity contribution in [3.63, 3.8) is 0 Å². The van der Waals surface area contributed by atoms with Crippen LogP contribution in [0.2, 0.25) is 5.02 Å². The summed E-state index contributed by atoms with van der Waals surface area (Å²) in [5.41, 5.74) is -1.09. The number of aromatic hydroxyl groups is 1. The first-order chi connectivity index (χ1) is 32.7. The number of hydrogen-bond donors (Lipinski definition) is 6. The molecule has 70 heavy (non-hydrogen) atoms. The Morgan fingerprint density at radius 1 is 0.757 bits per heavy atom. The molecule has 3 aromatic carbocycles. The van der Waals surface area contributed by atoms with Gasteiger partial charge in [-0.15, -0.1) is 0 Å². The summed E-state index contributed by atoms with van der Waals surface area (Å²) in [6.07, 6.45) is 5.73. The number of anilines is 4. The average molecular weight is 1060 g/mol. The number of aromatic nitrogens is 4. The molecule has 4 aromatic heterocycles. The van der Waals surface area contributed by atoms with Crippen LogP contribution in [0.5, 0.6) is 5.75 Å². The Labute approximate surface area is 403 Å². The fraction of sp³-hybridized carbons (Fsp3) is 0.186. The lowest BCUT2D eigenvalue weighted by Crippen LogP contribution is -2.52. The van der Waals surface area contributed by atoms with E-state index >= 15 is 0 Å². The highest BCUT2D eigenvalue weighted by molar-refractivity contribution is 7.94. The number of sulfonamides is 3. The highest BCUT2D eigenvalue weighted by Crippen LogP contribution is 2.37. The molecule has 27 heteroatoms. The van der Waals surface area contributed by atoms with E-state index in [1.165, 1.54) is 68.6 Å². The molecule has 2 aliphatic heterocycles. The maximum Gasteiger partial charge on any atom is 0.280 e. The van der Waals surface area contributed by atoms with Crippen molar-refractivity contribution < 1.29 is 43.2 Å². The average Bonchev–Trinajstić information content (AvgIpc) is 3.95. The van der Waals surface area contributed by atoms with Crippen molar-refractivity contribution in [2.45, 2.75) is 43.1 Å². The van der Waals surface area contributed by atoms with Crippen molar-refractivity contribution in [2.24, 2.45) is 5.92 Å². The van der Waals surface area contributed by atoms with Crippen LogP contribution in [0.3, 0.4) is 0 Å². The summed E-state index contributed by atoms with van der Waals surface area (Å²) in [4.78, 5) is 39.8. The van der Waals surface area contributed by atoms with Crippen LogP contribution in [0.4, 0.5) is 27.1 Å². The van der Waals surface area contributed by atoms with Gasteiger partial charge in [-0.05, 0) is 90.7 Å². The van der Waals surface area contributed by atoms with Crippen LogP contribution < -0.4 is 46.6 Å². The molecular formula is C43H41ClFN9O12S4. The normalized spacial score (nSPS) is 15.7. The zero-order valence-corrected chi connectivity index (χ0v) is 41.1. The van der Waals surface area contributed by atoms with Crippen molar-refractivity contribution in [1.82, 2.24) is 23.1 Å². The number of hydrogen-bond acceptors (Lipinski definition) is 14. The molecular weight excluding hydrogens is 1020 g/mol. The third-order valence-corrected chi connectivity index (χ3v) is 15.2. The number of nitrogens with zero attached hydrogens (tertiary/aromatic N) is 4. The van der Waals surface area contributed by atoms with Crippen LogP contribution in [0, 0.1) is 11.7 Å². The van der Waals surface area contributed by atoms with Gasteiger partial charge in [0.2, 0.25) is 35.3 Å². The first-order valence-corrected chi connectivity index (χ1v) is 27.8. The van der Waals surface area contributed by atoms with Crippen molar-refractivity contribution in [1.29, 1.82) is 0 Å². The van der Waals surface area contributed by atoms with E-state index in [2.05, 4.69) is 24.8 Å². The van der Waals surface area contributed by atoms with E-state index in [0.29, 0.717) is 30.0 Å². The van der Waals surface area contributed by atoms with Gasteiger partial charge < -0.3 is 15.7 Å². The zero-order chi connectivity index (χ0) is 50.8. The molecule has 0 unspecified atom stereocenters. The molecule has 0 amide bonds. The number of sulfone groups is 1. The minimum absolute atomic E-state index is 0.0105. The van der Waals surface area contributed by atoms with Crippen LogP contribution in [0.15, 0.2) is 121 Å². The van der Waals surface area contributed by atoms with Crippen LogP contribution in [-0.4, -0.2) is 69.7 Å². The lowest BCUT2D eigenvalue weighted by molar-refractivity contribution is 0.436. The van der Waals surface area contributed by atoms with Gasteiger partial charge in [0.15, 0.2) is 5.75 Å². The Kier molecular flexibility index (Phi) is 12.7. The molecule has 0 spiro atoms. The quantitative estimate of drug-likeness (QED) is 0.115. The van der Waals surface area contributed by atoms with E-state index in [0.717, 1.165) is 30.1 Å². The van der Waals surface area contributed by atoms with Gasteiger partial charge in [0.25, 0.3) is 21.1 Å². The maximum absolute atomic E-state index is 13.6. The fourth-order valence-electron chi connectivity index (χ4n) is 7.69. The van der Waals surface area contributed by atoms with E-state index in [9.17, 15) is 57.6 Å². The summed E-state index contributed by atoms with van der Waals surface area (Å²) in [7, 11) is -15.6. The van der Waals surface area contributed by atoms with Crippen molar-refractivity contribution in [3.05, 3.63) is 155 Å². The largest absolute Gasteiger partial charge is 0.505 e. The maximum atomic E-state index is 13.6. The molecule has 9 rings (SSSR count). The van der Waals surface area contributed by atoms with Gasteiger partial charge >= 0.3 is 0 Å².